The normalized spacial score (nSPS) is 19.1. The molecule has 7 nitrogen and oxygen atoms in total. The summed E-state index contributed by atoms with van der Waals surface area (Å²) in [5.41, 5.74) is 2.54. The van der Waals surface area contributed by atoms with E-state index in [0.717, 1.165) is 57.6 Å². The minimum absolute atomic E-state index is 0. The van der Waals surface area contributed by atoms with Gasteiger partial charge in [0.1, 0.15) is 0 Å². The van der Waals surface area contributed by atoms with Gasteiger partial charge >= 0.3 is 0 Å². The molecule has 1 saturated heterocycles. The van der Waals surface area contributed by atoms with Gasteiger partial charge in [0.25, 0.3) is 0 Å². The topological polar surface area (TPSA) is 70.2 Å². The number of morpholine rings is 1. The number of hydrogen-bond acceptors (Lipinski definition) is 5. The number of hydrogen-bond donors (Lipinski definition) is 3. The summed E-state index contributed by atoms with van der Waals surface area (Å²) in [6, 6.07) is 8.49. The number of nitrogens with zero attached hydrogens (tertiary/aromatic N) is 2. The van der Waals surface area contributed by atoms with Crippen molar-refractivity contribution in [1.82, 2.24) is 15.5 Å². The first-order valence-electron chi connectivity index (χ1n) is 11.9. The number of guanidine groups is 1. The molecule has 1 aromatic rings. The molecule has 32 heavy (non-hydrogen) atoms. The molecule has 2 fully saturated rings. The van der Waals surface area contributed by atoms with Crippen LogP contribution in [0.1, 0.15) is 44.6 Å². The van der Waals surface area contributed by atoms with Crippen LogP contribution in [0.15, 0.2) is 29.3 Å². The van der Waals surface area contributed by atoms with Gasteiger partial charge in [0.2, 0.25) is 0 Å². The summed E-state index contributed by atoms with van der Waals surface area (Å²) < 4.78 is 10.7. The Balaban J connectivity index is 0.00000363. The number of nitrogens with one attached hydrogen (secondary N) is 3. The molecule has 1 aromatic carbocycles. The minimum Gasteiger partial charge on any atom is -0.383 e. The highest BCUT2D eigenvalue weighted by molar-refractivity contribution is 14.0. The van der Waals surface area contributed by atoms with E-state index in [2.05, 4.69) is 52.0 Å². The van der Waals surface area contributed by atoms with Crippen LogP contribution in [0.25, 0.3) is 0 Å². The molecule has 0 spiro atoms. The van der Waals surface area contributed by atoms with E-state index in [1.165, 1.54) is 37.7 Å². The van der Waals surface area contributed by atoms with Crippen molar-refractivity contribution in [2.45, 2.75) is 51.1 Å². The standard InChI is InChI=1S/C24H41N5O2.HI/c1-3-25-23(27-19-21-7-9-22(10-8-21)26-13-16-30-2)28-20-24(11-5-4-6-12-24)29-14-17-31-18-15-29;/h7-10,26H,3-6,11-20H2,1-2H3,(H2,25,27,28);1H. The number of benzene rings is 1. The third-order valence-electron chi connectivity index (χ3n) is 6.40. The molecule has 0 bridgehead atoms. The van der Waals surface area contributed by atoms with Crippen LogP contribution in [0, 0.1) is 0 Å². The Kier molecular flexibility index (Phi) is 12.7. The van der Waals surface area contributed by atoms with Crippen molar-refractivity contribution in [2.24, 2.45) is 4.99 Å². The van der Waals surface area contributed by atoms with E-state index in [-0.39, 0.29) is 29.5 Å². The molecule has 0 radical (unpaired) electrons. The Morgan fingerprint density at radius 1 is 1.09 bits per heavy atom. The summed E-state index contributed by atoms with van der Waals surface area (Å²) >= 11 is 0. The van der Waals surface area contributed by atoms with Gasteiger partial charge in [0, 0.05) is 51.1 Å². The summed E-state index contributed by atoms with van der Waals surface area (Å²) in [5, 5.41) is 10.5. The van der Waals surface area contributed by atoms with Crippen molar-refractivity contribution >= 4 is 35.6 Å². The minimum atomic E-state index is 0. The second kappa shape index (κ2) is 14.9. The molecule has 3 N–H and O–H groups in total. The van der Waals surface area contributed by atoms with E-state index in [9.17, 15) is 0 Å². The van der Waals surface area contributed by atoms with Gasteiger partial charge in [0.15, 0.2) is 5.96 Å². The van der Waals surface area contributed by atoms with E-state index >= 15 is 0 Å². The monoisotopic (exact) mass is 559 g/mol. The van der Waals surface area contributed by atoms with Crippen LogP contribution in [0.2, 0.25) is 0 Å². The molecule has 182 valence electrons. The van der Waals surface area contributed by atoms with Crippen LogP contribution in [-0.4, -0.2) is 76.1 Å². The number of aliphatic imine (C=N–C) groups is 1. The summed E-state index contributed by atoms with van der Waals surface area (Å²) in [5.74, 6) is 0.906. The van der Waals surface area contributed by atoms with E-state index < -0.39 is 0 Å². The quantitative estimate of drug-likeness (QED) is 0.177. The fourth-order valence-corrected chi connectivity index (χ4v) is 4.64. The van der Waals surface area contributed by atoms with Crippen molar-refractivity contribution in [3.05, 3.63) is 29.8 Å². The first-order valence-corrected chi connectivity index (χ1v) is 11.9. The second-order valence-electron chi connectivity index (χ2n) is 8.55. The lowest BCUT2D eigenvalue weighted by Gasteiger charge is -2.48. The van der Waals surface area contributed by atoms with Crippen LogP contribution in [0.3, 0.4) is 0 Å². The van der Waals surface area contributed by atoms with Crippen LogP contribution >= 0.6 is 24.0 Å². The molecule has 1 heterocycles. The highest BCUT2D eigenvalue weighted by Gasteiger charge is 2.38. The van der Waals surface area contributed by atoms with Gasteiger partial charge in [-0.05, 0) is 37.5 Å². The van der Waals surface area contributed by atoms with Gasteiger partial charge in [-0.1, -0.05) is 31.4 Å². The maximum absolute atomic E-state index is 5.61. The molecule has 0 aromatic heterocycles. The van der Waals surface area contributed by atoms with Crippen LogP contribution < -0.4 is 16.0 Å². The molecule has 2 aliphatic rings. The second-order valence-corrected chi connectivity index (χ2v) is 8.55. The number of halogens is 1. The SMILES string of the molecule is CCNC(=NCc1ccc(NCCOC)cc1)NCC1(N2CCOCC2)CCCCC1.I. The maximum Gasteiger partial charge on any atom is 0.191 e. The van der Waals surface area contributed by atoms with Gasteiger partial charge < -0.3 is 25.4 Å². The zero-order chi connectivity index (χ0) is 21.8. The van der Waals surface area contributed by atoms with E-state index in [0.29, 0.717) is 13.2 Å². The molecule has 0 unspecified atom stereocenters. The predicted octanol–water partition coefficient (Wildman–Crippen LogP) is 3.45. The smallest absolute Gasteiger partial charge is 0.191 e. The molecule has 8 heteroatoms. The third-order valence-corrected chi connectivity index (χ3v) is 6.40. The molecule has 3 rings (SSSR count). The lowest BCUT2D eigenvalue weighted by Crippen LogP contribution is -2.60. The summed E-state index contributed by atoms with van der Waals surface area (Å²) in [6.45, 7) is 9.90. The number of methoxy groups -OCH3 is 1. The molecular weight excluding hydrogens is 517 g/mol. The fourth-order valence-electron chi connectivity index (χ4n) is 4.64. The Labute approximate surface area is 211 Å². The van der Waals surface area contributed by atoms with Crippen molar-refractivity contribution in [1.29, 1.82) is 0 Å². The van der Waals surface area contributed by atoms with Crippen molar-refractivity contribution < 1.29 is 9.47 Å². The summed E-state index contributed by atoms with van der Waals surface area (Å²) in [4.78, 5) is 7.53. The van der Waals surface area contributed by atoms with E-state index in [1.807, 2.05) is 0 Å². The fraction of sp³-hybridized carbons (Fsp3) is 0.708. The van der Waals surface area contributed by atoms with Gasteiger partial charge in [0.05, 0.1) is 26.4 Å². The number of ether oxygens (including phenoxy) is 2. The lowest BCUT2D eigenvalue weighted by molar-refractivity contribution is -0.0352. The maximum atomic E-state index is 5.61. The largest absolute Gasteiger partial charge is 0.383 e. The molecule has 1 aliphatic carbocycles. The van der Waals surface area contributed by atoms with Crippen LogP contribution in [0.5, 0.6) is 0 Å². The van der Waals surface area contributed by atoms with E-state index in [4.69, 9.17) is 14.5 Å². The lowest BCUT2D eigenvalue weighted by atomic mass is 9.80. The molecule has 0 atom stereocenters. The summed E-state index contributed by atoms with van der Waals surface area (Å²) in [7, 11) is 1.72. The Morgan fingerprint density at radius 2 is 1.81 bits per heavy atom. The first-order chi connectivity index (χ1) is 15.3. The molecular formula is C24H42IN5O2. The zero-order valence-corrected chi connectivity index (χ0v) is 22.2. The average Bonchev–Trinajstić information content (AvgIpc) is 2.83. The molecule has 0 amide bonds. The van der Waals surface area contributed by atoms with Crippen molar-refractivity contribution in [2.75, 3.05) is 65.0 Å². The van der Waals surface area contributed by atoms with Crippen LogP contribution in [0.4, 0.5) is 5.69 Å². The van der Waals surface area contributed by atoms with Crippen molar-refractivity contribution in [3.63, 3.8) is 0 Å². The summed E-state index contributed by atoms with van der Waals surface area (Å²) in [6.07, 6.45) is 6.51. The Bertz CT molecular complexity index is 659. The van der Waals surface area contributed by atoms with Crippen molar-refractivity contribution in [3.8, 4) is 0 Å². The first kappa shape index (κ1) is 27.1. The van der Waals surface area contributed by atoms with Crippen LogP contribution in [-0.2, 0) is 16.0 Å². The number of anilines is 1. The highest BCUT2D eigenvalue weighted by atomic mass is 127. The Morgan fingerprint density at radius 3 is 2.47 bits per heavy atom. The zero-order valence-electron chi connectivity index (χ0n) is 19.8. The van der Waals surface area contributed by atoms with Gasteiger partial charge in [-0.2, -0.15) is 0 Å². The highest BCUT2D eigenvalue weighted by Crippen LogP contribution is 2.33. The van der Waals surface area contributed by atoms with E-state index in [1.54, 1.807) is 7.11 Å². The van der Waals surface area contributed by atoms with Gasteiger partial charge in [-0.25, -0.2) is 4.99 Å². The Hall–Kier alpha value is -1.10. The van der Waals surface area contributed by atoms with Gasteiger partial charge in [-0.3, -0.25) is 4.90 Å². The molecule has 1 saturated carbocycles. The van der Waals surface area contributed by atoms with Gasteiger partial charge in [-0.15, -0.1) is 24.0 Å². The average molecular weight is 560 g/mol. The predicted molar refractivity (Wildman–Crippen MR) is 143 cm³/mol. The molecule has 1 aliphatic heterocycles. The number of rotatable bonds is 10. The third kappa shape index (κ3) is 8.35.